The SMILES string of the molecule is CCC1(CC)CC=C(c2nc(C3(OCCCN(C)C)CCOCC3)ccc2N)CC1. The van der Waals surface area contributed by atoms with Crippen LogP contribution in [0.25, 0.3) is 5.57 Å². The number of nitrogens with two attached hydrogens (primary N) is 1. The van der Waals surface area contributed by atoms with Crippen LogP contribution in [0.15, 0.2) is 18.2 Å². The van der Waals surface area contributed by atoms with Crippen molar-refractivity contribution in [2.45, 2.75) is 70.8 Å². The fraction of sp³-hybridized carbons (Fsp3) is 0.720. The summed E-state index contributed by atoms with van der Waals surface area (Å²) in [5.74, 6) is 0. The summed E-state index contributed by atoms with van der Waals surface area (Å²) in [6.07, 6.45) is 11.0. The van der Waals surface area contributed by atoms with E-state index < -0.39 is 0 Å². The lowest BCUT2D eigenvalue weighted by molar-refractivity contribution is -0.120. The highest BCUT2D eigenvalue weighted by molar-refractivity contribution is 5.73. The first-order valence-corrected chi connectivity index (χ1v) is 11.8. The number of hydrogen-bond acceptors (Lipinski definition) is 5. The van der Waals surface area contributed by atoms with Crippen LogP contribution in [0.2, 0.25) is 0 Å². The standard InChI is InChI=1S/C25H41N3O2/c1-5-24(6-2)12-10-20(11-13-24)23-21(26)8-9-22(27-23)25(14-18-29-19-15-25)30-17-7-16-28(3)4/h8-10H,5-7,11-19,26H2,1-4H3. The number of aromatic nitrogens is 1. The van der Waals surface area contributed by atoms with Gasteiger partial charge >= 0.3 is 0 Å². The Labute approximate surface area is 183 Å². The molecule has 0 bridgehead atoms. The second-order valence-corrected chi connectivity index (χ2v) is 9.39. The molecule has 0 amide bonds. The molecule has 2 aliphatic rings. The highest BCUT2D eigenvalue weighted by Gasteiger charge is 2.38. The average Bonchev–Trinajstić information content (AvgIpc) is 2.78. The number of hydrogen-bond donors (Lipinski definition) is 1. The van der Waals surface area contributed by atoms with Crippen molar-refractivity contribution in [1.29, 1.82) is 0 Å². The molecule has 1 aromatic rings. The van der Waals surface area contributed by atoms with Crippen LogP contribution < -0.4 is 5.73 Å². The van der Waals surface area contributed by atoms with Gasteiger partial charge in [-0.15, -0.1) is 0 Å². The monoisotopic (exact) mass is 415 g/mol. The van der Waals surface area contributed by atoms with E-state index in [9.17, 15) is 0 Å². The van der Waals surface area contributed by atoms with Gasteiger partial charge < -0.3 is 20.1 Å². The fourth-order valence-corrected chi connectivity index (χ4v) is 4.86. The van der Waals surface area contributed by atoms with Gasteiger partial charge in [-0.2, -0.15) is 0 Å². The first-order valence-electron chi connectivity index (χ1n) is 11.8. The first kappa shape index (κ1) is 23.2. The minimum absolute atomic E-state index is 0.362. The number of ether oxygens (including phenoxy) is 2. The Morgan fingerprint density at radius 3 is 2.47 bits per heavy atom. The van der Waals surface area contributed by atoms with E-state index in [4.69, 9.17) is 20.2 Å². The van der Waals surface area contributed by atoms with Gasteiger partial charge in [-0.1, -0.05) is 32.8 Å². The molecule has 5 heteroatoms. The average molecular weight is 416 g/mol. The zero-order valence-corrected chi connectivity index (χ0v) is 19.5. The Morgan fingerprint density at radius 2 is 1.87 bits per heavy atom. The molecule has 1 aromatic heterocycles. The molecule has 0 aromatic carbocycles. The summed E-state index contributed by atoms with van der Waals surface area (Å²) in [5.41, 5.74) is 10.6. The molecule has 0 spiro atoms. The predicted octanol–water partition coefficient (Wildman–Crippen LogP) is 5.01. The molecule has 30 heavy (non-hydrogen) atoms. The molecule has 3 rings (SSSR count). The minimum atomic E-state index is -0.362. The normalized spacial score (nSPS) is 20.9. The van der Waals surface area contributed by atoms with E-state index in [0.29, 0.717) is 18.6 Å². The molecule has 1 fully saturated rings. The maximum absolute atomic E-state index is 6.53. The number of pyridine rings is 1. The summed E-state index contributed by atoms with van der Waals surface area (Å²) in [5, 5.41) is 0. The number of anilines is 1. The predicted molar refractivity (Wildman–Crippen MR) is 124 cm³/mol. The topological polar surface area (TPSA) is 60.6 Å². The Bertz CT molecular complexity index is 719. The van der Waals surface area contributed by atoms with Crippen molar-refractivity contribution in [2.24, 2.45) is 5.41 Å². The van der Waals surface area contributed by atoms with Crippen LogP contribution in [-0.2, 0) is 15.1 Å². The van der Waals surface area contributed by atoms with Gasteiger partial charge in [0.25, 0.3) is 0 Å². The Kier molecular flexibility index (Phi) is 7.94. The largest absolute Gasteiger partial charge is 0.397 e. The van der Waals surface area contributed by atoms with E-state index in [0.717, 1.165) is 62.3 Å². The molecule has 5 nitrogen and oxygen atoms in total. The third kappa shape index (κ3) is 5.24. The number of allylic oxidation sites excluding steroid dienone is 2. The zero-order valence-electron chi connectivity index (χ0n) is 19.5. The van der Waals surface area contributed by atoms with Crippen molar-refractivity contribution < 1.29 is 9.47 Å². The summed E-state index contributed by atoms with van der Waals surface area (Å²) in [4.78, 5) is 7.32. The molecule has 2 N–H and O–H groups in total. The summed E-state index contributed by atoms with van der Waals surface area (Å²) in [6.45, 7) is 7.82. The van der Waals surface area contributed by atoms with Crippen LogP contribution in [0.3, 0.4) is 0 Å². The van der Waals surface area contributed by atoms with Crippen molar-refractivity contribution in [3.63, 3.8) is 0 Å². The lowest BCUT2D eigenvalue weighted by atomic mass is 9.71. The lowest BCUT2D eigenvalue weighted by Gasteiger charge is -2.38. The quantitative estimate of drug-likeness (QED) is 0.574. The van der Waals surface area contributed by atoms with Gasteiger partial charge in [0.05, 0.1) is 17.1 Å². The van der Waals surface area contributed by atoms with Crippen LogP contribution in [0.5, 0.6) is 0 Å². The van der Waals surface area contributed by atoms with Gasteiger partial charge in [-0.25, -0.2) is 4.98 Å². The summed E-state index contributed by atoms with van der Waals surface area (Å²) in [6, 6.07) is 4.10. The van der Waals surface area contributed by atoms with E-state index in [1.54, 1.807) is 0 Å². The molecular formula is C25H41N3O2. The summed E-state index contributed by atoms with van der Waals surface area (Å²) in [7, 11) is 4.20. The van der Waals surface area contributed by atoms with Crippen molar-refractivity contribution in [3.05, 3.63) is 29.6 Å². The maximum atomic E-state index is 6.53. The van der Waals surface area contributed by atoms with E-state index in [1.165, 1.54) is 24.8 Å². The van der Waals surface area contributed by atoms with Gasteiger partial charge in [0, 0.05) is 32.7 Å². The van der Waals surface area contributed by atoms with Gasteiger partial charge in [-0.3, -0.25) is 0 Å². The molecule has 0 saturated carbocycles. The Hall–Kier alpha value is -1.43. The van der Waals surface area contributed by atoms with Gasteiger partial charge in [0.15, 0.2) is 0 Å². The van der Waals surface area contributed by atoms with Crippen molar-refractivity contribution in [1.82, 2.24) is 9.88 Å². The molecule has 0 atom stereocenters. The molecule has 0 radical (unpaired) electrons. The smallest absolute Gasteiger partial charge is 0.114 e. The van der Waals surface area contributed by atoms with Crippen molar-refractivity contribution in [3.8, 4) is 0 Å². The minimum Gasteiger partial charge on any atom is -0.397 e. The molecule has 1 aliphatic heterocycles. The molecule has 2 heterocycles. The van der Waals surface area contributed by atoms with Gasteiger partial charge in [0.1, 0.15) is 5.60 Å². The van der Waals surface area contributed by atoms with Crippen LogP contribution >= 0.6 is 0 Å². The Morgan fingerprint density at radius 1 is 1.13 bits per heavy atom. The third-order valence-electron chi connectivity index (χ3n) is 7.33. The molecular weight excluding hydrogens is 374 g/mol. The molecule has 1 saturated heterocycles. The van der Waals surface area contributed by atoms with Gasteiger partial charge in [-0.05, 0) is 69.4 Å². The van der Waals surface area contributed by atoms with E-state index in [2.05, 4.69) is 45.0 Å². The fourth-order valence-electron chi connectivity index (χ4n) is 4.86. The number of nitrogen functional groups attached to an aromatic ring is 1. The van der Waals surface area contributed by atoms with Gasteiger partial charge in [0.2, 0.25) is 0 Å². The Balaban J connectivity index is 1.83. The van der Waals surface area contributed by atoms with Crippen LogP contribution in [0.1, 0.15) is 76.6 Å². The van der Waals surface area contributed by atoms with E-state index in [1.807, 2.05) is 6.07 Å². The van der Waals surface area contributed by atoms with E-state index >= 15 is 0 Å². The summed E-state index contributed by atoms with van der Waals surface area (Å²) < 4.78 is 12.2. The highest BCUT2D eigenvalue weighted by Crippen LogP contribution is 2.44. The molecule has 1 aliphatic carbocycles. The van der Waals surface area contributed by atoms with Crippen molar-refractivity contribution >= 4 is 11.3 Å². The third-order valence-corrected chi connectivity index (χ3v) is 7.33. The van der Waals surface area contributed by atoms with Crippen LogP contribution in [0.4, 0.5) is 5.69 Å². The second-order valence-electron chi connectivity index (χ2n) is 9.39. The first-order chi connectivity index (χ1) is 14.4. The van der Waals surface area contributed by atoms with Crippen LogP contribution in [-0.4, -0.2) is 50.3 Å². The summed E-state index contributed by atoms with van der Waals surface area (Å²) >= 11 is 0. The van der Waals surface area contributed by atoms with Crippen molar-refractivity contribution in [2.75, 3.05) is 46.2 Å². The van der Waals surface area contributed by atoms with Crippen LogP contribution in [0, 0.1) is 5.41 Å². The molecule has 168 valence electrons. The highest BCUT2D eigenvalue weighted by atomic mass is 16.5. The maximum Gasteiger partial charge on any atom is 0.114 e. The number of rotatable bonds is 9. The van der Waals surface area contributed by atoms with E-state index in [-0.39, 0.29) is 5.60 Å². The molecule has 0 unspecified atom stereocenters. The lowest BCUT2D eigenvalue weighted by Crippen LogP contribution is -2.38. The number of nitrogens with zero attached hydrogens (tertiary/aromatic N) is 2. The zero-order chi connectivity index (χ0) is 21.6. The second kappa shape index (κ2) is 10.3.